The molecule has 0 aliphatic rings. The largest absolute Gasteiger partial charge is 0.242 e. The van der Waals surface area contributed by atoms with Crippen molar-refractivity contribution in [2.45, 2.75) is 45.8 Å². The number of hydrogen-bond donors (Lipinski definition) is 1. The molecular weight excluding hydrogens is 170 g/mol. The Morgan fingerprint density at radius 1 is 1.42 bits per heavy atom. The van der Waals surface area contributed by atoms with E-state index < -0.39 is 11.0 Å². The molecule has 0 aromatic rings. The Balaban J connectivity index is 3.73. The molecule has 1 N–H and O–H groups in total. The summed E-state index contributed by atoms with van der Waals surface area (Å²) in [6, 6.07) is 0. The van der Waals surface area contributed by atoms with E-state index in [0.29, 0.717) is 5.92 Å². The van der Waals surface area contributed by atoms with Crippen molar-refractivity contribution in [3.63, 3.8) is 0 Å². The fourth-order valence-electron chi connectivity index (χ4n) is 0.579. The predicted molar refractivity (Wildman–Crippen MR) is 55.4 cm³/mol. The summed E-state index contributed by atoms with van der Waals surface area (Å²) >= 11 is 0. The van der Waals surface area contributed by atoms with Gasteiger partial charge >= 0.3 is 0 Å². The maximum atomic E-state index is 11.5. The van der Waals surface area contributed by atoms with E-state index >= 15 is 0 Å². The number of nitrogens with one attached hydrogen (secondary N) is 1. The van der Waals surface area contributed by atoms with Crippen LogP contribution in [0.1, 0.15) is 41.0 Å². The molecule has 0 aromatic carbocycles. The van der Waals surface area contributed by atoms with E-state index in [-0.39, 0.29) is 4.75 Å². The van der Waals surface area contributed by atoms with E-state index in [1.54, 1.807) is 0 Å². The number of hydrogen-bond acceptors (Lipinski definition) is 1. The molecule has 1 unspecified atom stereocenters. The first kappa shape index (κ1) is 12.1. The van der Waals surface area contributed by atoms with Gasteiger partial charge in [0.05, 0.1) is 15.7 Å². The second kappa shape index (κ2) is 4.97. The predicted octanol–water partition coefficient (Wildman–Crippen LogP) is 2.08. The normalized spacial score (nSPS) is 17.4. The maximum absolute atomic E-state index is 11.5. The third-order valence-corrected chi connectivity index (χ3v) is 3.36. The molecule has 0 bridgehead atoms. The van der Waals surface area contributed by atoms with Gasteiger partial charge in [0.2, 0.25) is 0 Å². The molecule has 3 heteroatoms. The van der Waals surface area contributed by atoms with Crippen LogP contribution < -0.4 is 4.72 Å². The molecule has 2 atom stereocenters. The molecule has 0 amide bonds. The lowest BCUT2D eigenvalue weighted by atomic mass is 10.1. The van der Waals surface area contributed by atoms with Crippen molar-refractivity contribution in [3.05, 3.63) is 0 Å². The van der Waals surface area contributed by atoms with Crippen LogP contribution in [0.25, 0.3) is 0 Å². The van der Waals surface area contributed by atoms with Crippen molar-refractivity contribution in [3.8, 4) is 0 Å². The molecule has 0 radical (unpaired) electrons. The molecule has 0 spiro atoms. The Morgan fingerprint density at radius 3 is 2.25 bits per heavy atom. The molecule has 0 aromatic heterocycles. The summed E-state index contributed by atoms with van der Waals surface area (Å²) in [5, 5.41) is 0. The molecule has 2 nitrogen and oxygen atoms in total. The van der Waals surface area contributed by atoms with Gasteiger partial charge in [-0.25, -0.2) is 8.93 Å². The zero-order valence-corrected chi connectivity index (χ0v) is 9.62. The van der Waals surface area contributed by atoms with Crippen LogP contribution in [0.2, 0.25) is 0 Å². The van der Waals surface area contributed by atoms with Crippen molar-refractivity contribution in [2.75, 3.05) is 6.54 Å². The van der Waals surface area contributed by atoms with Gasteiger partial charge in [0.15, 0.2) is 0 Å². The molecule has 0 fully saturated rings. The van der Waals surface area contributed by atoms with E-state index in [4.69, 9.17) is 0 Å². The summed E-state index contributed by atoms with van der Waals surface area (Å²) in [6.45, 7) is 11.1. The van der Waals surface area contributed by atoms with Crippen LogP contribution in [0, 0.1) is 5.92 Å². The van der Waals surface area contributed by atoms with E-state index in [0.717, 1.165) is 13.0 Å². The third-order valence-electron chi connectivity index (χ3n) is 1.82. The van der Waals surface area contributed by atoms with Gasteiger partial charge in [0, 0.05) is 6.54 Å². The lowest BCUT2D eigenvalue weighted by molar-refractivity contribution is 0.544. The minimum Gasteiger partial charge on any atom is -0.242 e. The highest BCUT2D eigenvalue weighted by atomic mass is 32.2. The van der Waals surface area contributed by atoms with Crippen molar-refractivity contribution in [1.29, 1.82) is 0 Å². The van der Waals surface area contributed by atoms with Gasteiger partial charge in [-0.2, -0.15) is 0 Å². The standard InChI is InChI=1S/C9H21NOS/c1-6-8(2)7-10-12(11)9(3,4)5/h8,10H,6-7H2,1-5H3/t8-,12?/m1/s1. The first-order chi connectivity index (χ1) is 5.38. The summed E-state index contributed by atoms with van der Waals surface area (Å²) in [4.78, 5) is 0. The summed E-state index contributed by atoms with van der Waals surface area (Å²) in [6.07, 6.45) is 1.13. The smallest absolute Gasteiger partial charge is 0.0970 e. The molecule has 12 heavy (non-hydrogen) atoms. The van der Waals surface area contributed by atoms with Crippen molar-refractivity contribution in [2.24, 2.45) is 5.92 Å². The molecule has 0 saturated carbocycles. The first-order valence-corrected chi connectivity index (χ1v) is 5.68. The minimum absolute atomic E-state index is 0.145. The molecule has 0 heterocycles. The van der Waals surface area contributed by atoms with Crippen LogP contribution in [0.4, 0.5) is 0 Å². The fraction of sp³-hybridized carbons (Fsp3) is 1.00. The van der Waals surface area contributed by atoms with Gasteiger partial charge in [-0.05, 0) is 26.7 Å². The second-order valence-electron chi connectivity index (χ2n) is 4.24. The SMILES string of the molecule is CC[C@@H](C)CNS(=O)C(C)(C)C. The topological polar surface area (TPSA) is 29.1 Å². The van der Waals surface area contributed by atoms with E-state index in [1.165, 1.54) is 0 Å². The molecule has 0 aliphatic heterocycles. The van der Waals surface area contributed by atoms with Gasteiger partial charge in [-0.3, -0.25) is 0 Å². The molecule has 0 saturated heterocycles. The Morgan fingerprint density at radius 2 is 1.92 bits per heavy atom. The summed E-state index contributed by atoms with van der Waals surface area (Å²) in [7, 11) is -0.910. The van der Waals surface area contributed by atoms with Crippen LogP contribution in [0.15, 0.2) is 0 Å². The van der Waals surface area contributed by atoms with Crippen LogP contribution in [-0.2, 0) is 11.0 Å². The number of rotatable bonds is 4. The van der Waals surface area contributed by atoms with Gasteiger partial charge in [-0.15, -0.1) is 0 Å². The first-order valence-electron chi connectivity index (χ1n) is 4.53. The van der Waals surface area contributed by atoms with Crippen molar-refractivity contribution < 1.29 is 4.21 Å². The Labute approximate surface area is 78.7 Å². The van der Waals surface area contributed by atoms with E-state index in [9.17, 15) is 4.21 Å². The highest BCUT2D eigenvalue weighted by molar-refractivity contribution is 7.84. The summed E-state index contributed by atoms with van der Waals surface area (Å²) in [5.41, 5.74) is 0. The Bertz CT molecular complexity index is 151. The highest BCUT2D eigenvalue weighted by Gasteiger charge is 2.19. The quantitative estimate of drug-likeness (QED) is 0.724. The molecule has 74 valence electrons. The van der Waals surface area contributed by atoms with Gasteiger partial charge in [0.25, 0.3) is 0 Å². The minimum atomic E-state index is -0.910. The van der Waals surface area contributed by atoms with Crippen molar-refractivity contribution >= 4 is 11.0 Å². The average molecular weight is 191 g/mol. The van der Waals surface area contributed by atoms with Crippen molar-refractivity contribution in [1.82, 2.24) is 4.72 Å². The van der Waals surface area contributed by atoms with Gasteiger partial charge in [-0.1, -0.05) is 20.3 Å². The van der Waals surface area contributed by atoms with Crippen LogP contribution in [0.3, 0.4) is 0 Å². The Kier molecular flexibility index (Phi) is 5.02. The zero-order chi connectivity index (χ0) is 9.78. The average Bonchev–Trinajstić information content (AvgIpc) is 1.97. The lowest BCUT2D eigenvalue weighted by Crippen LogP contribution is -2.35. The third kappa shape index (κ3) is 4.88. The van der Waals surface area contributed by atoms with E-state index in [1.807, 2.05) is 20.8 Å². The molecule has 0 aliphatic carbocycles. The van der Waals surface area contributed by atoms with Crippen LogP contribution in [0.5, 0.6) is 0 Å². The molecular formula is C9H21NOS. The second-order valence-corrected chi connectivity index (χ2v) is 6.29. The summed E-state index contributed by atoms with van der Waals surface area (Å²) in [5.74, 6) is 0.608. The Hall–Kier alpha value is 0.110. The zero-order valence-electron chi connectivity index (χ0n) is 8.81. The van der Waals surface area contributed by atoms with Gasteiger partial charge < -0.3 is 0 Å². The van der Waals surface area contributed by atoms with Crippen LogP contribution in [-0.4, -0.2) is 15.5 Å². The van der Waals surface area contributed by atoms with E-state index in [2.05, 4.69) is 18.6 Å². The van der Waals surface area contributed by atoms with Crippen LogP contribution >= 0.6 is 0 Å². The summed E-state index contributed by atoms with van der Waals surface area (Å²) < 4.78 is 14.4. The van der Waals surface area contributed by atoms with Gasteiger partial charge in [0.1, 0.15) is 0 Å². The molecule has 0 rings (SSSR count). The monoisotopic (exact) mass is 191 g/mol. The maximum Gasteiger partial charge on any atom is 0.0970 e. The fourth-order valence-corrected chi connectivity index (χ4v) is 1.45. The highest BCUT2D eigenvalue weighted by Crippen LogP contribution is 2.09. The lowest BCUT2D eigenvalue weighted by Gasteiger charge is -2.19.